The predicted octanol–water partition coefficient (Wildman–Crippen LogP) is 1.87. The molecule has 1 aromatic carbocycles. The number of nitrogens with zero attached hydrogens (tertiary/aromatic N) is 1. The molecule has 1 aliphatic rings. The van der Waals surface area contributed by atoms with Crippen molar-refractivity contribution in [3.8, 4) is 0 Å². The maximum Gasteiger partial charge on any atom is 0.122 e. The van der Waals surface area contributed by atoms with Gasteiger partial charge in [-0.2, -0.15) is 0 Å². The van der Waals surface area contributed by atoms with E-state index in [9.17, 15) is 0 Å². The van der Waals surface area contributed by atoms with E-state index in [0.29, 0.717) is 12.5 Å². The van der Waals surface area contributed by atoms with Gasteiger partial charge in [0.15, 0.2) is 0 Å². The largest absolute Gasteiger partial charge is 0.396 e. The number of hydrogen-bond acceptors (Lipinski definition) is 3. The van der Waals surface area contributed by atoms with Crippen molar-refractivity contribution in [2.45, 2.75) is 32.7 Å². The molecule has 0 saturated carbocycles. The Labute approximate surface area is 121 Å². The van der Waals surface area contributed by atoms with Gasteiger partial charge in [-0.1, -0.05) is 12.1 Å². The number of likely N-dealkylation sites (tertiary alicyclic amines) is 1. The molecule has 1 unspecified atom stereocenters. The number of benzene rings is 1. The zero-order chi connectivity index (χ0) is 14.5. The summed E-state index contributed by atoms with van der Waals surface area (Å²) in [5.74, 6) is 0.756. The molecule has 0 aliphatic carbocycles. The lowest BCUT2D eigenvalue weighted by Gasteiger charge is -2.32. The molecule has 1 saturated heterocycles. The molecule has 20 heavy (non-hydrogen) atoms. The second-order valence-electron chi connectivity index (χ2n) is 5.81. The monoisotopic (exact) mass is 275 g/mol. The first-order valence-electron chi connectivity index (χ1n) is 7.37. The minimum Gasteiger partial charge on any atom is -0.396 e. The Morgan fingerprint density at radius 2 is 2.30 bits per heavy atom. The van der Waals surface area contributed by atoms with Gasteiger partial charge in [0.1, 0.15) is 5.84 Å². The van der Waals surface area contributed by atoms with E-state index in [1.54, 1.807) is 0 Å². The van der Waals surface area contributed by atoms with Crippen molar-refractivity contribution in [3.63, 3.8) is 0 Å². The first-order chi connectivity index (χ1) is 9.60. The van der Waals surface area contributed by atoms with Crippen LogP contribution in [0.3, 0.4) is 0 Å². The molecule has 1 fully saturated rings. The number of rotatable bonds is 5. The summed E-state index contributed by atoms with van der Waals surface area (Å²) in [6, 6.07) is 6.01. The molecule has 1 heterocycles. The number of amidine groups is 1. The van der Waals surface area contributed by atoms with Crippen molar-refractivity contribution < 1.29 is 5.11 Å². The highest BCUT2D eigenvalue weighted by Crippen LogP contribution is 2.22. The SMILES string of the molecule is Cc1cc(C(=N)N)ccc1CN1CCCC(CCO)C1. The molecule has 0 radical (unpaired) electrons. The molecule has 4 nitrogen and oxygen atoms in total. The smallest absolute Gasteiger partial charge is 0.122 e. The molecule has 0 bridgehead atoms. The molecule has 1 atom stereocenters. The van der Waals surface area contributed by atoms with Crippen LogP contribution in [0.2, 0.25) is 0 Å². The van der Waals surface area contributed by atoms with Crippen LogP contribution in [-0.2, 0) is 6.54 Å². The molecule has 0 spiro atoms. The molecule has 0 aromatic heterocycles. The average Bonchev–Trinajstić information content (AvgIpc) is 2.42. The highest BCUT2D eigenvalue weighted by atomic mass is 16.3. The normalized spacial score (nSPS) is 20.0. The van der Waals surface area contributed by atoms with Crippen LogP contribution in [-0.4, -0.2) is 35.5 Å². The lowest BCUT2D eigenvalue weighted by Crippen LogP contribution is -2.35. The summed E-state index contributed by atoms with van der Waals surface area (Å²) in [6.45, 7) is 5.54. The Bertz CT molecular complexity index is 471. The van der Waals surface area contributed by atoms with Crippen molar-refractivity contribution in [1.82, 2.24) is 4.90 Å². The summed E-state index contributed by atoms with van der Waals surface area (Å²) in [7, 11) is 0. The fourth-order valence-corrected chi connectivity index (χ4v) is 2.99. The lowest BCUT2D eigenvalue weighted by atomic mass is 9.94. The lowest BCUT2D eigenvalue weighted by molar-refractivity contribution is 0.142. The zero-order valence-corrected chi connectivity index (χ0v) is 12.2. The number of aryl methyl sites for hydroxylation is 1. The first-order valence-corrected chi connectivity index (χ1v) is 7.37. The molecule has 110 valence electrons. The maximum absolute atomic E-state index is 9.07. The van der Waals surface area contributed by atoms with E-state index in [1.165, 1.54) is 24.0 Å². The van der Waals surface area contributed by atoms with E-state index in [-0.39, 0.29) is 5.84 Å². The summed E-state index contributed by atoms with van der Waals surface area (Å²) in [4.78, 5) is 2.47. The highest BCUT2D eigenvalue weighted by Gasteiger charge is 2.19. The topological polar surface area (TPSA) is 73.3 Å². The summed E-state index contributed by atoms with van der Waals surface area (Å²) in [5.41, 5.74) is 8.81. The van der Waals surface area contributed by atoms with Gasteiger partial charge in [0.25, 0.3) is 0 Å². The van der Waals surface area contributed by atoms with Crippen LogP contribution in [0.25, 0.3) is 0 Å². The van der Waals surface area contributed by atoms with Gasteiger partial charge in [0, 0.05) is 25.3 Å². The van der Waals surface area contributed by atoms with Crippen LogP contribution >= 0.6 is 0 Å². The van der Waals surface area contributed by atoms with Gasteiger partial charge >= 0.3 is 0 Å². The minimum atomic E-state index is 0.126. The van der Waals surface area contributed by atoms with E-state index >= 15 is 0 Å². The van der Waals surface area contributed by atoms with Gasteiger partial charge in [-0.05, 0) is 55.8 Å². The summed E-state index contributed by atoms with van der Waals surface area (Å²) < 4.78 is 0. The Balaban J connectivity index is 2.00. The summed E-state index contributed by atoms with van der Waals surface area (Å²) in [6.07, 6.45) is 3.37. The van der Waals surface area contributed by atoms with Crippen LogP contribution in [0.15, 0.2) is 18.2 Å². The Morgan fingerprint density at radius 1 is 1.50 bits per heavy atom. The van der Waals surface area contributed by atoms with Crippen molar-refractivity contribution in [3.05, 3.63) is 34.9 Å². The Hall–Kier alpha value is -1.39. The number of aliphatic hydroxyl groups is 1. The fraction of sp³-hybridized carbons (Fsp3) is 0.562. The first kappa shape index (κ1) is 15.0. The standard InChI is InChI=1S/C16H25N3O/c1-12-9-14(16(17)18)4-5-15(12)11-19-7-2-3-13(10-19)6-8-20/h4-5,9,13,20H,2-3,6-8,10-11H2,1H3,(H3,17,18). The third-order valence-corrected chi connectivity index (χ3v) is 4.19. The highest BCUT2D eigenvalue weighted by molar-refractivity contribution is 5.95. The van der Waals surface area contributed by atoms with Crippen molar-refractivity contribution in [1.29, 1.82) is 5.41 Å². The second-order valence-corrected chi connectivity index (χ2v) is 5.81. The van der Waals surface area contributed by atoms with E-state index in [0.717, 1.165) is 31.6 Å². The van der Waals surface area contributed by atoms with E-state index in [1.807, 2.05) is 12.1 Å². The van der Waals surface area contributed by atoms with Crippen molar-refractivity contribution in [2.75, 3.05) is 19.7 Å². The van der Waals surface area contributed by atoms with Gasteiger partial charge in [-0.3, -0.25) is 10.3 Å². The number of aliphatic hydroxyl groups excluding tert-OH is 1. The quantitative estimate of drug-likeness (QED) is 0.567. The van der Waals surface area contributed by atoms with Gasteiger partial charge < -0.3 is 10.8 Å². The molecule has 4 N–H and O–H groups in total. The van der Waals surface area contributed by atoms with Gasteiger partial charge in [0.2, 0.25) is 0 Å². The van der Waals surface area contributed by atoms with Gasteiger partial charge in [0.05, 0.1) is 0 Å². The average molecular weight is 275 g/mol. The van der Waals surface area contributed by atoms with Crippen molar-refractivity contribution in [2.24, 2.45) is 11.7 Å². The molecule has 2 rings (SSSR count). The van der Waals surface area contributed by atoms with E-state index < -0.39 is 0 Å². The molecule has 1 aromatic rings. The maximum atomic E-state index is 9.07. The molecular formula is C16H25N3O. The van der Waals surface area contributed by atoms with Gasteiger partial charge in [-0.25, -0.2) is 0 Å². The minimum absolute atomic E-state index is 0.126. The number of piperidine rings is 1. The third kappa shape index (κ3) is 3.81. The number of nitrogen functional groups attached to an aromatic ring is 1. The fourth-order valence-electron chi connectivity index (χ4n) is 2.99. The predicted molar refractivity (Wildman–Crippen MR) is 81.9 cm³/mol. The number of hydrogen-bond donors (Lipinski definition) is 3. The van der Waals surface area contributed by atoms with Crippen LogP contribution < -0.4 is 5.73 Å². The number of nitrogens with two attached hydrogens (primary N) is 1. The summed E-state index contributed by atoms with van der Waals surface area (Å²) in [5, 5.41) is 16.5. The summed E-state index contributed by atoms with van der Waals surface area (Å²) >= 11 is 0. The molecule has 0 amide bonds. The van der Waals surface area contributed by atoms with Crippen LogP contribution in [0.1, 0.15) is 36.0 Å². The Morgan fingerprint density at radius 3 is 2.95 bits per heavy atom. The molecule has 1 aliphatic heterocycles. The third-order valence-electron chi connectivity index (χ3n) is 4.19. The number of nitrogens with one attached hydrogen (secondary N) is 1. The molecule has 4 heteroatoms. The molecular weight excluding hydrogens is 250 g/mol. The Kier molecular flexibility index (Phi) is 5.15. The van der Waals surface area contributed by atoms with E-state index in [4.69, 9.17) is 16.2 Å². The van der Waals surface area contributed by atoms with Crippen LogP contribution in [0.4, 0.5) is 0 Å². The van der Waals surface area contributed by atoms with Crippen LogP contribution in [0, 0.1) is 18.3 Å². The van der Waals surface area contributed by atoms with E-state index in [2.05, 4.69) is 17.9 Å². The zero-order valence-electron chi connectivity index (χ0n) is 12.2. The van der Waals surface area contributed by atoms with Crippen LogP contribution in [0.5, 0.6) is 0 Å². The van der Waals surface area contributed by atoms with Crippen molar-refractivity contribution >= 4 is 5.84 Å². The second kappa shape index (κ2) is 6.86. The van der Waals surface area contributed by atoms with Gasteiger partial charge in [-0.15, -0.1) is 0 Å².